The maximum Gasteiger partial charge on any atom is 0.328 e. The minimum Gasteiger partial charge on any atom is -0.508 e. The van der Waals surface area contributed by atoms with Crippen LogP contribution in [-0.2, 0) is 32.0 Å². The Labute approximate surface area is 184 Å². The Balaban J connectivity index is 1.99. The van der Waals surface area contributed by atoms with Crippen LogP contribution in [0.25, 0.3) is 0 Å². The highest BCUT2D eigenvalue weighted by Crippen LogP contribution is 2.14. The molecule has 0 heterocycles. The van der Waals surface area contributed by atoms with Gasteiger partial charge in [-0.2, -0.15) is 0 Å². The van der Waals surface area contributed by atoms with Crippen molar-refractivity contribution < 1.29 is 29.2 Å². The Kier molecular flexibility index (Phi) is 8.70. The number of nitrogens with zero attached hydrogens (tertiary/aromatic N) is 1. The number of rotatable bonds is 10. The summed E-state index contributed by atoms with van der Waals surface area (Å²) in [4.78, 5) is 47.5. The Morgan fingerprint density at radius 3 is 2.41 bits per heavy atom. The van der Waals surface area contributed by atoms with Crippen molar-refractivity contribution in [3.8, 4) is 5.75 Å². The van der Waals surface area contributed by atoms with Crippen molar-refractivity contribution in [3.05, 3.63) is 69.8 Å². The number of carbonyl (C=O) groups excluding carboxylic acids is 3. The van der Waals surface area contributed by atoms with E-state index in [2.05, 4.69) is 10.6 Å². The lowest BCUT2D eigenvalue weighted by Gasteiger charge is -2.20. The van der Waals surface area contributed by atoms with Crippen LogP contribution in [0.2, 0.25) is 0 Å². The molecular formula is C22H25N3O7. The molecule has 2 atom stereocenters. The molecule has 0 aliphatic heterocycles. The number of esters is 1. The molecule has 0 saturated carbocycles. The van der Waals surface area contributed by atoms with E-state index in [1.807, 2.05) is 0 Å². The summed E-state index contributed by atoms with van der Waals surface area (Å²) in [7, 11) is 0. The van der Waals surface area contributed by atoms with Gasteiger partial charge in [-0.05, 0) is 37.1 Å². The highest BCUT2D eigenvalue weighted by Gasteiger charge is 2.25. The van der Waals surface area contributed by atoms with Crippen LogP contribution < -0.4 is 10.6 Å². The number of hydrogen-bond donors (Lipinski definition) is 3. The minimum absolute atomic E-state index is 0.0746. The zero-order chi connectivity index (χ0) is 23.7. The van der Waals surface area contributed by atoms with Crippen LogP contribution in [-0.4, -0.2) is 46.5 Å². The number of nitro groups is 1. The second-order valence-corrected chi connectivity index (χ2v) is 7.08. The number of ether oxygens (including phenoxy) is 1. The number of benzene rings is 2. The molecule has 170 valence electrons. The Bertz CT molecular complexity index is 976. The molecular weight excluding hydrogens is 418 g/mol. The fourth-order valence-corrected chi connectivity index (χ4v) is 2.92. The smallest absolute Gasteiger partial charge is 0.328 e. The van der Waals surface area contributed by atoms with E-state index in [1.54, 1.807) is 25.1 Å². The summed E-state index contributed by atoms with van der Waals surface area (Å²) in [5.74, 6) is -1.64. The van der Waals surface area contributed by atoms with Gasteiger partial charge < -0.3 is 20.5 Å². The highest BCUT2D eigenvalue weighted by molar-refractivity contribution is 5.91. The Morgan fingerprint density at radius 1 is 1.09 bits per heavy atom. The molecule has 0 spiro atoms. The van der Waals surface area contributed by atoms with Crippen molar-refractivity contribution in [1.29, 1.82) is 0 Å². The standard InChI is InChI=1S/C22H25N3O7/c1-3-32-22(29)19(12-15-7-9-18(26)10-8-15)24-21(28)14(2)23-20(27)13-16-5-4-6-17(11-16)25(30)31/h4-11,14,19,26H,3,12-13H2,1-2H3,(H,23,27)(H,24,28)/t14-,19-/m0/s1. The maximum absolute atomic E-state index is 12.6. The Hall–Kier alpha value is -3.95. The summed E-state index contributed by atoms with van der Waals surface area (Å²) in [5.41, 5.74) is 0.997. The van der Waals surface area contributed by atoms with E-state index < -0.39 is 34.8 Å². The van der Waals surface area contributed by atoms with Gasteiger partial charge in [0.25, 0.3) is 5.69 Å². The van der Waals surface area contributed by atoms with E-state index in [4.69, 9.17) is 4.74 Å². The molecule has 0 radical (unpaired) electrons. The third-order valence-electron chi connectivity index (χ3n) is 4.52. The van der Waals surface area contributed by atoms with E-state index >= 15 is 0 Å². The number of amides is 2. The molecule has 3 N–H and O–H groups in total. The van der Waals surface area contributed by atoms with Gasteiger partial charge in [0, 0.05) is 18.6 Å². The van der Waals surface area contributed by atoms with Crippen molar-refractivity contribution in [2.75, 3.05) is 6.61 Å². The van der Waals surface area contributed by atoms with Crippen molar-refractivity contribution in [1.82, 2.24) is 10.6 Å². The van der Waals surface area contributed by atoms with Crippen LogP contribution in [0.15, 0.2) is 48.5 Å². The van der Waals surface area contributed by atoms with Crippen LogP contribution in [0.5, 0.6) is 5.75 Å². The number of aromatic hydroxyl groups is 1. The monoisotopic (exact) mass is 443 g/mol. The molecule has 2 amide bonds. The van der Waals surface area contributed by atoms with Crippen molar-refractivity contribution in [3.63, 3.8) is 0 Å². The fraction of sp³-hybridized carbons (Fsp3) is 0.318. The third kappa shape index (κ3) is 7.38. The van der Waals surface area contributed by atoms with Gasteiger partial charge in [0.2, 0.25) is 11.8 Å². The van der Waals surface area contributed by atoms with Crippen molar-refractivity contribution in [2.45, 2.75) is 38.8 Å². The largest absolute Gasteiger partial charge is 0.508 e. The quantitative estimate of drug-likeness (QED) is 0.287. The number of carbonyl (C=O) groups is 3. The third-order valence-corrected chi connectivity index (χ3v) is 4.52. The number of nitro benzene ring substituents is 1. The number of phenolic OH excluding ortho intramolecular Hbond substituents is 1. The van der Waals surface area contributed by atoms with Crippen LogP contribution in [0.3, 0.4) is 0 Å². The number of phenols is 1. The van der Waals surface area contributed by atoms with Crippen molar-refractivity contribution in [2.24, 2.45) is 0 Å². The van der Waals surface area contributed by atoms with Gasteiger partial charge in [0.15, 0.2) is 0 Å². The summed E-state index contributed by atoms with van der Waals surface area (Å²) >= 11 is 0. The topological polar surface area (TPSA) is 148 Å². The van der Waals surface area contributed by atoms with Crippen LogP contribution >= 0.6 is 0 Å². The molecule has 0 aliphatic rings. The highest BCUT2D eigenvalue weighted by atomic mass is 16.6. The predicted molar refractivity (Wildman–Crippen MR) is 115 cm³/mol. The van der Waals surface area contributed by atoms with Gasteiger partial charge in [0.1, 0.15) is 17.8 Å². The molecule has 2 rings (SSSR count). The normalized spacial score (nSPS) is 12.3. The van der Waals surface area contributed by atoms with Gasteiger partial charge >= 0.3 is 5.97 Å². The van der Waals surface area contributed by atoms with E-state index in [0.717, 1.165) is 0 Å². The van der Waals surface area contributed by atoms with E-state index in [9.17, 15) is 29.6 Å². The molecule has 0 saturated heterocycles. The summed E-state index contributed by atoms with van der Waals surface area (Å²) in [6, 6.07) is 9.90. The van der Waals surface area contributed by atoms with Gasteiger partial charge in [0.05, 0.1) is 18.0 Å². The first kappa shape index (κ1) is 24.3. The lowest BCUT2D eigenvalue weighted by molar-refractivity contribution is -0.384. The van der Waals surface area contributed by atoms with E-state index in [1.165, 1.54) is 37.3 Å². The second-order valence-electron chi connectivity index (χ2n) is 7.08. The molecule has 0 aromatic heterocycles. The van der Waals surface area contributed by atoms with E-state index in [0.29, 0.717) is 11.1 Å². The summed E-state index contributed by atoms with van der Waals surface area (Å²) < 4.78 is 5.03. The van der Waals surface area contributed by atoms with Crippen LogP contribution in [0.4, 0.5) is 5.69 Å². The molecule has 32 heavy (non-hydrogen) atoms. The van der Waals surface area contributed by atoms with Gasteiger partial charge in [-0.15, -0.1) is 0 Å². The van der Waals surface area contributed by atoms with Crippen LogP contribution in [0.1, 0.15) is 25.0 Å². The lowest BCUT2D eigenvalue weighted by atomic mass is 10.1. The SMILES string of the molecule is CCOC(=O)[C@H](Cc1ccc(O)cc1)NC(=O)[C@H](C)NC(=O)Cc1cccc([N+](=O)[O-])c1. The fourth-order valence-electron chi connectivity index (χ4n) is 2.92. The molecule has 0 fully saturated rings. The Morgan fingerprint density at radius 2 is 1.78 bits per heavy atom. The first-order chi connectivity index (χ1) is 15.2. The molecule has 0 aliphatic carbocycles. The van der Waals surface area contributed by atoms with Gasteiger partial charge in [-0.25, -0.2) is 4.79 Å². The molecule has 2 aromatic carbocycles. The summed E-state index contributed by atoms with van der Waals surface area (Å²) in [6.07, 6.45) is -0.00663. The maximum atomic E-state index is 12.6. The summed E-state index contributed by atoms with van der Waals surface area (Å²) in [5, 5.41) is 25.4. The zero-order valence-corrected chi connectivity index (χ0v) is 17.7. The zero-order valence-electron chi connectivity index (χ0n) is 17.7. The number of hydrogen-bond acceptors (Lipinski definition) is 7. The average Bonchev–Trinajstić information content (AvgIpc) is 2.74. The molecule has 0 bridgehead atoms. The second kappa shape index (κ2) is 11.4. The molecule has 10 nitrogen and oxygen atoms in total. The predicted octanol–water partition coefficient (Wildman–Crippen LogP) is 1.64. The first-order valence-corrected chi connectivity index (χ1v) is 9.97. The molecule has 0 unspecified atom stereocenters. The van der Waals surface area contributed by atoms with Gasteiger partial charge in [-0.1, -0.05) is 24.3 Å². The first-order valence-electron chi connectivity index (χ1n) is 9.97. The number of nitrogens with one attached hydrogen (secondary N) is 2. The van der Waals surface area contributed by atoms with Gasteiger partial charge in [-0.3, -0.25) is 19.7 Å². The molecule has 2 aromatic rings. The number of non-ortho nitro benzene ring substituents is 1. The van der Waals surface area contributed by atoms with E-state index in [-0.39, 0.29) is 30.9 Å². The van der Waals surface area contributed by atoms with Crippen molar-refractivity contribution >= 4 is 23.5 Å². The molecule has 10 heteroatoms. The summed E-state index contributed by atoms with van der Waals surface area (Å²) in [6.45, 7) is 3.24. The minimum atomic E-state index is -0.983. The average molecular weight is 443 g/mol. The lowest BCUT2D eigenvalue weighted by Crippen LogP contribution is -2.51. The van der Waals surface area contributed by atoms with Crippen LogP contribution in [0, 0.1) is 10.1 Å².